The highest BCUT2D eigenvalue weighted by atomic mass is 32.2. The van der Waals surface area contributed by atoms with Crippen molar-refractivity contribution in [3.05, 3.63) is 101 Å². The maximum absolute atomic E-state index is 13.6. The number of benzene rings is 3. The number of aliphatic hydroxyl groups excluding tert-OH is 1. The van der Waals surface area contributed by atoms with E-state index in [1.54, 1.807) is 54.6 Å². The zero-order valence-electron chi connectivity index (χ0n) is 17.7. The van der Waals surface area contributed by atoms with E-state index in [-0.39, 0.29) is 9.80 Å². The number of hydrogen-bond acceptors (Lipinski definition) is 5. The van der Waals surface area contributed by atoms with E-state index in [2.05, 4.69) is 0 Å². The molecule has 7 heteroatoms. The van der Waals surface area contributed by atoms with Crippen LogP contribution in [-0.4, -0.2) is 26.5 Å². The molecule has 1 heterocycles. The summed E-state index contributed by atoms with van der Waals surface area (Å²) < 4.78 is 32.3. The zero-order valence-corrected chi connectivity index (χ0v) is 18.5. The maximum Gasteiger partial charge on any atom is 0.295 e. The van der Waals surface area contributed by atoms with E-state index in [0.717, 1.165) is 12.0 Å². The van der Waals surface area contributed by atoms with Gasteiger partial charge in [0.05, 0.1) is 12.0 Å². The van der Waals surface area contributed by atoms with Crippen LogP contribution in [0.5, 0.6) is 5.75 Å². The van der Waals surface area contributed by atoms with Crippen molar-refractivity contribution in [2.24, 2.45) is 0 Å². The van der Waals surface area contributed by atoms with Crippen LogP contribution in [0.4, 0.5) is 5.69 Å². The minimum Gasteiger partial charge on any atom is -0.502 e. The first-order chi connectivity index (χ1) is 15.4. The van der Waals surface area contributed by atoms with Crippen LogP contribution in [0.3, 0.4) is 0 Å². The van der Waals surface area contributed by atoms with Gasteiger partial charge < -0.3 is 9.84 Å². The van der Waals surface area contributed by atoms with Crippen molar-refractivity contribution in [3.8, 4) is 5.75 Å². The Labute approximate surface area is 187 Å². The molecule has 0 bridgehead atoms. The monoisotopic (exact) mass is 449 g/mol. The first kappa shape index (κ1) is 21.6. The molecule has 0 radical (unpaired) electrons. The van der Waals surface area contributed by atoms with E-state index in [0.29, 0.717) is 17.0 Å². The topological polar surface area (TPSA) is 83.9 Å². The largest absolute Gasteiger partial charge is 0.502 e. The minimum atomic E-state index is -4.15. The molecule has 0 fully saturated rings. The van der Waals surface area contributed by atoms with Crippen molar-refractivity contribution in [1.29, 1.82) is 0 Å². The van der Waals surface area contributed by atoms with Crippen molar-refractivity contribution in [2.45, 2.75) is 24.3 Å². The number of ether oxygens (including phenoxy) is 1. The van der Waals surface area contributed by atoms with E-state index in [9.17, 15) is 18.3 Å². The number of carbonyl (C=O) groups is 1. The Bertz CT molecular complexity index is 1260. The molecular formula is C25H23NO5S. The number of amides is 1. The number of rotatable bonds is 6. The standard InChI is InChI=1S/C25H23NO5S/c1-3-17-9-11-18(12-10-17)22-24(32(29,30)21-7-5-4-6-8-21)23(27)25(28)26(22)19-13-15-20(31-2)16-14-19/h4-16,22,27H,3H2,1-2H3. The van der Waals surface area contributed by atoms with Crippen molar-refractivity contribution in [1.82, 2.24) is 0 Å². The second kappa shape index (κ2) is 8.51. The number of sulfone groups is 1. The van der Waals surface area contributed by atoms with Crippen LogP contribution in [0.1, 0.15) is 24.1 Å². The summed E-state index contributed by atoms with van der Waals surface area (Å²) in [7, 11) is -2.61. The fraction of sp³-hybridized carbons (Fsp3) is 0.160. The van der Waals surface area contributed by atoms with Gasteiger partial charge in [-0.1, -0.05) is 49.4 Å². The van der Waals surface area contributed by atoms with Gasteiger partial charge >= 0.3 is 0 Å². The summed E-state index contributed by atoms with van der Waals surface area (Å²) in [6, 6.07) is 20.9. The molecule has 0 saturated heterocycles. The van der Waals surface area contributed by atoms with E-state index >= 15 is 0 Å². The average molecular weight is 450 g/mol. The van der Waals surface area contributed by atoms with Crippen LogP contribution >= 0.6 is 0 Å². The minimum absolute atomic E-state index is 0.0149. The van der Waals surface area contributed by atoms with Crippen LogP contribution in [0.15, 0.2) is 94.4 Å². The number of anilines is 1. The molecule has 1 unspecified atom stereocenters. The third-order valence-corrected chi connectivity index (χ3v) is 7.45. The molecule has 0 aromatic heterocycles. The number of aryl methyl sites for hydroxylation is 1. The lowest BCUT2D eigenvalue weighted by Gasteiger charge is -2.27. The summed E-state index contributed by atoms with van der Waals surface area (Å²) in [6.07, 6.45) is 0.822. The molecule has 1 amide bonds. The van der Waals surface area contributed by atoms with Crippen molar-refractivity contribution in [2.75, 3.05) is 12.0 Å². The lowest BCUT2D eigenvalue weighted by atomic mass is 10.0. The summed E-state index contributed by atoms with van der Waals surface area (Å²) in [5, 5.41) is 10.8. The third-order valence-electron chi connectivity index (χ3n) is 5.56. The van der Waals surface area contributed by atoms with Crippen LogP contribution in [0.25, 0.3) is 0 Å². The van der Waals surface area contributed by atoms with Crippen LogP contribution in [0.2, 0.25) is 0 Å². The Kier molecular flexibility index (Phi) is 5.76. The number of aliphatic hydroxyl groups is 1. The molecule has 1 N–H and O–H groups in total. The fourth-order valence-corrected chi connectivity index (χ4v) is 5.48. The molecule has 0 aliphatic carbocycles. The Morgan fingerprint density at radius 2 is 1.56 bits per heavy atom. The third kappa shape index (κ3) is 3.65. The molecule has 0 saturated carbocycles. The summed E-state index contributed by atoms with van der Waals surface area (Å²) >= 11 is 0. The fourth-order valence-electron chi connectivity index (χ4n) is 3.83. The quantitative estimate of drug-likeness (QED) is 0.595. The van der Waals surface area contributed by atoms with E-state index in [1.165, 1.54) is 24.1 Å². The van der Waals surface area contributed by atoms with Gasteiger partial charge in [-0.25, -0.2) is 8.42 Å². The normalized spacial score (nSPS) is 16.5. The molecule has 1 atom stereocenters. The highest BCUT2D eigenvalue weighted by molar-refractivity contribution is 7.95. The molecule has 1 aliphatic rings. The van der Waals surface area contributed by atoms with Crippen LogP contribution in [-0.2, 0) is 21.1 Å². The van der Waals surface area contributed by atoms with Gasteiger partial charge in [0, 0.05) is 5.69 Å². The summed E-state index contributed by atoms with van der Waals surface area (Å²) in [5.41, 5.74) is 2.12. The molecule has 1 aliphatic heterocycles. The molecule has 164 valence electrons. The lowest BCUT2D eigenvalue weighted by molar-refractivity contribution is -0.117. The first-order valence-electron chi connectivity index (χ1n) is 10.2. The summed E-state index contributed by atoms with van der Waals surface area (Å²) in [4.78, 5) is 14.2. The highest BCUT2D eigenvalue weighted by Gasteiger charge is 2.47. The molecule has 0 spiro atoms. The van der Waals surface area contributed by atoms with Gasteiger partial charge in [0.25, 0.3) is 5.91 Å². The summed E-state index contributed by atoms with van der Waals surface area (Å²) in [6.45, 7) is 2.02. The second-order valence-corrected chi connectivity index (χ2v) is 9.32. The molecule has 6 nitrogen and oxygen atoms in total. The lowest BCUT2D eigenvalue weighted by Crippen LogP contribution is -2.31. The van der Waals surface area contributed by atoms with Crippen LogP contribution in [0, 0.1) is 0 Å². The van der Waals surface area contributed by atoms with Gasteiger partial charge in [-0.15, -0.1) is 0 Å². The van der Waals surface area contributed by atoms with Crippen molar-refractivity contribution >= 4 is 21.4 Å². The van der Waals surface area contributed by atoms with Crippen molar-refractivity contribution in [3.63, 3.8) is 0 Å². The van der Waals surface area contributed by atoms with Gasteiger partial charge in [0.15, 0.2) is 5.76 Å². The van der Waals surface area contributed by atoms with Gasteiger partial charge in [0.2, 0.25) is 9.84 Å². The van der Waals surface area contributed by atoms with Crippen molar-refractivity contribution < 1.29 is 23.1 Å². The predicted molar refractivity (Wildman–Crippen MR) is 122 cm³/mol. The van der Waals surface area contributed by atoms with Gasteiger partial charge in [-0.2, -0.15) is 0 Å². The molecule has 4 rings (SSSR count). The van der Waals surface area contributed by atoms with E-state index in [1.807, 2.05) is 19.1 Å². The molecule has 3 aromatic rings. The Morgan fingerprint density at radius 1 is 0.938 bits per heavy atom. The number of hydrogen-bond donors (Lipinski definition) is 1. The van der Waals surface area contributed by atoms with Gasteiger partial charge in [-0.3, -0.25) is 9.69 Å². The maximum atomic E-state index is 13.6. The Morgan fingerprint density at radius 3 is 2.12 bits per heavy atom. The zero-order chi connectivity index (χ0) is 22.9. The number of methoxy groups -OCH3 is 1. The van der Waals surface area contributed by atoms with E-state index in [4.69, 9.17) is 4.74 Å². The summed E-state index contributed by atoms with van der Waals surface area (Å²) in [5.74, 6) is -0.943. The highest BCUT2D eigenvalue weighted by Crippen LogP contribution is 2.45. The smallest absolute Gasteiger partial charge is 0.295 e. The van der Waals surface area contributed by atoms with E-state index < -0.39 is 27.5 Å². The predicted octanol–water partition coefficient (Wildman–Crippen LogP) is 4.59. The Hall–Kier alpha value is -3.58. The average Bonchev–Trinajstić information content (AvgIpc) is 3.10. The Balaban J connectivity index is 1.91. The SMILES string of the molecule is CCc1ccc(C2C(S(=O)(=O)c3ccccc3)=C(O)C(=O)N2c2ccc(OC)cc2)cc1. The first-order valence-corrected chi connectivity index (χ1v) is 11.7. The molecule has 3 aromatic carbocycles. The van der Waals surface area contributed by atoms with Crippen LogP contribution < -0.4 is 9.64 Å². The van der Waals surface area contributed by atoms with Gasteiger partial charge in [-0.05, 0) is 53.9 Å². The number of nitrogens with zero attached hydrogens (tertiary/aromatic N) is 1. The number of carbonyl (C=O) groups excluding carboxylic acids is 1. The second-order valence-electron chi connectivity index (χ2n) is 7.40. The van der Waals surface area contributed by atoms with Gasteiger partial charge in [0.1, 0.15) is 16.7 Å². The molecular weight excluding hydrogens is 426 g/mol. The molecule has 32 heavy (non-hydrogen) atoms.